The van der Waals surface area contributed by atoms with E-state index in [2.05, 4.69) is 22.0 Å². The van der Waals surface area contributed by atoms with Crippen LogP contribution in [-0.2, 0) is 0 Å². The Morgan fingerprint density at radius 2 is 1.89 bits per heavy atom. The van der Waals surface area contributed by atoms with Crippen LogP contribution in [0.25, 0.3) is 0 Å². The molecule has 1 N–H and O–H groups in total. The molecule has 0 spiro atoms. The quantitative estimate of drug-likeness (QED) is 0.819. The standard InChI is InChI=1S/C16H31N3/c1-2-17-16(14-6-3-4-7-14)13-18-10-11-19-9-5-8-15(19)12-18/h14-17H,2-13H2,1H3. The summed E-state index contributed by atoms with van der Waals surface area (Å²) in [5, 5.41) is 3.78. The molecule has 0 aromatic heterocycles. The zero-order valence-corrected chi connectivity index (χ0v) is 12.6. The summed E-state index contributed by atoms with van der Waals surface area (Å²) in [5.74, 6) is 0.946. The number of hydrogen-bond donors (Lipinski definition) is 1. The molecule has 2 atom stereocenters. The van der Waals surface area contributed by atoms with Gasteiger partial charge in [-0.3, -0.25) is 9.80 Å². The first-order valence-corrected chi connectivity index (χ1v) is 8.56. The summed E-state index contributed by atoms with van der Waals surface area (Å²) >= 11 is 0. The molecule has 3 heteroatoms. The van der Waals surface area contributed by atoms with Crippen LogP contribution in [0.15, 0.2) is 0 Å². The second-order valence-corrected chi connectivity index (χ2v) is 6.80. The molecule has 2 aliphatic heterocycles. The van der Waals surface area contributed by atoms with Gasteiger partial charge in [-0.05, 0) is 44.7 Å². The molecule has 19 heavy (non-hydrogen) atoms. The number of likely N-dealkylation sites (N-methyl/N-ethyl adjacent to an activating group) is 1. The van der Waals surface area contributed by atoms with Crippen molar-refractivity contribution < 1.29 is 0 Å². The Kier molecular flexibility index (Phi) is 4.78. The van der Waals surface area contributed by atoms with Gasteiger partial charge in [0.1, 0.15) is 0 Å². The maximum Gasteiger partial charge on any atom is 0.0224 e. The molecule has 3 aliphatic rings. The van der Waals surface area contributed by atoms with Crippen molar-refractivity contribution in [2.45, 2.75) is 57.5 Å². The minimum atomic E-state index is 0.750. The van der Waals surface area contributed by atoms with Gasteiger partial charge in [0.15, 0.2) is 0 Å². The second-order valence-electron chi connectivity index (χ2n) is 6.80. The van der Waals surface area contributed by atoms with E-state index in [-0.39, 0.29) is 0 Å². The van der Waals surface area contributed by atoms with Gasteiger partial charge in [-0.15, -0.1) is 0 Å². The first kappa shape index (κ1) is 13.8. The molecule has 0 radical (unpaired) electrons. The fourth-order valence-corrected chi connectivity index (χ4v) is 4.50. The lowest BCUT2D eigenvalue weighted by atomic mass is 9.97. The highest BCUT2D eigenvalue weighted by atomic mass is 15.3. The number of piperazine rings is 1. The Hall–Kier alpha value is -0.120. The van der Waals surface area contributed by atoms with E-state index in [1.54, 1.807) is 0 Å². The summed E-state index contributed by atoms with van der Waals surface area (Å²) < 4.78 is 0. The lowest BCUT2D eigenvalue weighted by Crippen LogP contribution is -2.54. The van der Waals surface area contributed by atoms with Crippen molar-refractivity contribution in [3.63, 3.8) is 0 Å². The maximum absolute atomic E-state index is 3.78. The Morgan fingerprint density at radius 3 is 2.68 bits per heavy atom. The lowest BCUT2D eigenvalue weighted by Gasteiger charge is -2.40. The number of nitrogens with one attached hydrogen (secondary N) is 1. The smallest absolute Gasteiger partial charge is 0.0224 e. The van der Waals surface area contributed by atoms with E-state index >= 15 is 0 Å². The van der Waals surface area contributed by atoms with Gasteiger partial charge in [0.2, 0.25) is 0 Å². The Bertz CT molecular complexity index is 275. The van der Waals surface area contributed by atoms with E-state index in [0.29, 0.717) is 0 Å². The van der Waals surface area contributed by atoms with E-state index in [1.165, 1.54) is 71.2 Å². The van der Waals surface area contributed by atoms with Gasteiger partial charge in [0.25, 0.3) is 0 Å². The van der Waals surface area contributed by atoms with Crippen molar-refractivity contribution >= 4 is 0 Å². The maximum atomic E-state index is 3.78. The topological polar surface area (TPSA) is 18.5 Å². The van der Waals surface area contributed by atoms with Crippen LogP contribution in [0.4, 0.5) is 0 Å². The fraction of sp³-hybridized carbons (Fsp3) is 1.00. The van der Waals surface area contributed by atoms with Gasteiger partial charge >= 0.3 is 0 Å². The van der Waals surface area contributed by atoms with Crippen molar-refractivity contribution in [3.05, 3.63) is 0 Å². The molecule has 0 bridgehead atoms. The monoisotopic (exact) mass is 265 g/mol. The van der Waals surface area contributed by atoms with Crippen molar-refractivity contribution in [3.8, 4) is 0 Å². The molecule has 110 valence electrons. The molecule has 0 aromatic rings. The van der Waals surface area contributed by atoms with E-state index in [1.807, 2.05) is 0 Å². The van der Waals surface area contributed by atoms with Crippen LogP contribution in [0.1, 0.15) is 45.4 Å². The Balaban J connectivity index is 1.52. The number of fused-ring (bicyclic) bond motifs is 1. The Morgan fingerprint density at radius 1 is 1.05 bits per heavy atom. The summed E-state index contributed by atoms with van der Waals surface area (Å²) in [4.78, 5) is 5.46. The molecule has 3 fully saturated rings. The number of nitrogens with zero attached hydrogens (tertiary/aromatic N) is 2. The fourth-order valence-electron chi connectivity index (χ4n) is 4.50. The molecule has 0 aromatic carbocycles. The van der Waals surface area contributed by atoms with Crippen LogP contribution >= 0.6 is 0 Å². The average Bonchev–Trinajstić information content (AvgIpc) is 3.09. The summed E-state index contributed by atoms with van der Waals surface area (Å²) in [6.45, 7) is 9.98. The highest BCUT2D eigenvalue weighted by Crippen LogP contribution is 2.29. The summed E-state index contributed by atoms with van der Waals surface area (Å²) in [5.41, 5.74) is 0. The molecule has 1 aliphatic carbocycles. The predicted octanol–water partition coefficient (Wildman–Crippen LogP) is 1.93. The molecule has 3 nitrogen and oxygen atoms in total. The molecule has 2 unspecified atom stereocenters. The molecule has 3 rings (SSSR count). The van der Waals surface area contributed by atoms with Crippen LogP contribution in [0.5, 0.6) is 0 Å². The molecular weight excluding hydrogens is 234 g/mol. The van der Waals surface area contributed by atoms with Gasteiger partial charge in [0, 0.05) is 38.3 Å². The van der Waals surface area contributed by atoms with Crippen molar-refractivity contribution in [2.24, 2.45) is 5.92 Å². The second kappa shape index (κ2) is 6.55. The zero-order chi connectivity index (χ0) is 13.1. The SMILES string of the molecule is CCNC(CN1CCN2CCCC2C1)C1CCCC1. The third-order valence-electron chi connectivity index (χ3n) is 5.56. The van der Waals surface area contributed by atoms with E-state index in [0.717, 1.165) is 24.5 Å². The zero-order valence-electron chi connectivity index (χ0n) is 12.6. The molecular formula is C16H31N3. The van der Waals surface area contributed by atoms with Gasteiger partial charge in [-0.1, -0.05) is 19.8 Å². The summed E-state index contributed by atoms with van der Waals surface area (Å²) in [6.07, 6.45) is 8.71. The van der Waals surface area contributed by atoms with Crippen LogP contribution in [0, 0.1) is 5.92 Å². The summed E-state index contributed by atoms with van der Waals surface area (Å²) in [6, 6.07) is 1.63. The molecule has 0 amide bonds. The van der Waals surface area contributed by atoms with Crippen LogP contribution in [-0.4, -0.2) is 61.2 Å². The third-order valence-corrected chi connectivity index (χ3v) is 5.56. The van der Waals surface area contributed by atoms with E-state index in [4.69, 9.17) is 0 Å². The first-order valence-electron chi connectivity index (χ1n) is 8.56. The highest BCUT2D eigenvalue weighted by molar-refractivity contribution is 4.90. The normalized spacial score (nSPS) is 31.7. The summed E-state index contributed by atoms with van der Waals surface area (Å²) in [7, 11) is 0. The minimum Gasteiger partial charge on any atom is -0.313 e. The predicted molar refractivity (Wildman–Crippen MR) is 80.5 cm³/mol. The van der Waals surface area contributed by atoms with Crippen LogP contribution in [0.2, 0.25) is 0 Å². The van der Waals surface area contributed by atoms with Crippen LogP contribution in [0.3, 0.4) is 0 Å². The first-order chi connectivity index (χ1) is 9.36. The lowest BCUT2D eigenvalue weighted by molar-refractivity contribution is 0.0895. The average molecular weight is 265 g/mol. The van der Waals surface area contributed by atoms with E-state index < -0.39 is 0 Å². The van der Waals surface area contributed by atoms with Gasteiger partial charge < -0.3 is 5.32 Å². The minimum absolute atomic E-state index is 0.750. The van der Waals surface area contributed by atoms with Crippen molar-refractivity contribution in [1.29, 1.82) is 0 Å². The highest BCUT2D eigenvalue weighted by Gasteiger charge is 2.33. The van der Waals surface area contributed by atoms with Gasteiger partial charge in [-0.25, -0.2) is 0 Å². The Labute approximate surface area is 118 Å². The number of hydrogen-bond acceptors (Lipinski definition) is 3. The molecule has 2 heterocycles. The molecule has 2 saturated heterocycles. The van der Waals surface area contributed by atoms with E-state index in [9.17, 15) is 0 Å². The van der Waals surface area contributed by atoms with Gasteiger partial charge in [-0.2, -0.15) is 0 Å². The van der Waals surface area contributed by atoms with Crippen molar-refractivity contribution in [1.82, 2.24) is 15.1 Å². The van der Waals surface area contributed by atoms with Gasteiger partial charge in [0.05, 0.1) is 0 Å². The molecule has 1 saturated carbocycles. The van der Waals surface area contributed by atoms with Crippen molar-refractivity contribution in [2.75, 3.05) is 39.3 Å². The largest absolute Gasteiger partial charge is 0.313 e. The number of rotatable bonds is 5. The van der Waals surface area contributed by atoms with Crippen LogP contribution < -0.4 is 5.32 Å². The third kappa shape index (κ3) is 3.32.